The Labute approximate surface area is 92.9 Å². The van der Waals surface area contributed by atoms with Crippen LogP contribution in [0.3, 0.4) is 0 Å². The van der Waals surface area contributed by atoms with Crippen LogP contribution in [0.2, 0.25) is 0 Å². The Morgan fingerprint density at radius 1 is 1.24 bits per heavy atom. The number of aromatic amines is 2. The van der Waals surface area contributed by atoms with Crippen molar-refractivity contribution < 1.29 is 4.39 Å². The maximum atomic E-state index is 13.0. The van der Waals surface area contributed by atoms with Crippen LogP contribution < -0.4 is 11.4 Å². The summed E-state index contributed by atoms with van der Waals surface area (Å²) in [6.45, 7) is 0. The standard InChI is InChI=1S/C10H7FN4O2/c11-6-2-1-3-7(4-6)14-5-8-12-9(16)13-15(8)10(14)17/h1-5H,(H2,12,13,16). The maximum Gasteiger partial charge on any atom is 0.353 e. The summed E-state index contributed by atoms with van der Waals surface area (Å²) in [5.74, 6) is -0.433. The smallest absolute Gasteiger partial charge is 0.290 e. The zero-order valence-electron chi connectivity index (χ0n) is 8.48. The van der Waals surface area contributed by atoms with Gasteiger partial charge in [0.1, 0.15) is 5.82 Å². The summed E-state index contributed by atoms with van der Waals surface area (Å²) in [7, 11) is 0. The molecule has 0 amide bonds. The van der Waals surface area contributed by atoms with Crippen molar-refractivity contribution in [3.63, 3.8) is 0 Å². The average Bonchev–Trinajstić information content (AvgIpc) is 2.78. The lowest BCUT2D eigenvalue weighted by atomic mass is 10.3. The monoisotopic (exact) mass is 234 g/mol. The number of aromatic nitrogens is 4. The van der Waals surface area contributed by atoms with Gasteiger partial charge >= 0.3 is 11.4 Å². The number of fused-ring (bicyclic) bond motifs is 1. The van der Waals surface area contributed by atoms with Gasteiger partial charge in [-0.3, -0.25) is 9.55 Å². The highest BCUT2D eigenvalue weighted by Gasteiger charge is 2.09. The minimum absolute atomic E-state index is 0.323. The Morgan fingerprint density at radius 3 is 2.76 bits per heavy atom. The molecule has 0 saturated heterocycles. The van der Waals surface area contributed by atoms with Crippen LogP contribution in [-0.4, -0.2) is 19.2 Å². The molecule has 0 spiro atoms. The van der Waals surface area contributed by atoms with Crippen molar-refractivity contribution in [3.8, 4) is 5.69 Å². The van der Waals surface area contributed by atoms with E-state index in [0.29, 0.717) is 11.3 Å². The van der Waals surface area contributed by atoms with Crippen LogP contribution in [0, 0.1) is 5.82 Å². The van der Waals surface area contributed by atoms with Gasteiger partial charge < -0.3 is 0 Å². The third kappa shape index (κ3) is 1.40. The number of hydrogen-bond donors (Lipinski definition) is 2. The molecule has 0 aliphatic rings. The van der Waals surface area contributed by atoms with E-state index in [1.807, 2.05) is 0 Å². The molecule has 6 nitrogen and oxygen atoms in total. The molecule has 0 atom stereocenters. The third-order valence-electron chi connectivity index (χ3n) is 2.43. The summed E-state index contributed by atoms with van der Waals surface area (Å²) in [4.78, 5) is 25.3. The lowest BCUT2D eigenvalue weighted by Gasteiger charge is -1.99. The van der Waals surface area contributed by atoms with Gasteiger partial charge in [0.2, 0.25) is 0 Å². The van der Waals surface area contributed by atoms with Crippen molar-refractivity contribution >= 4 is 5.65 Å². The molecule has 0 bridgehead atoms. The molecule has 0 saturated carbocycles. The highest BCUT2D eigenvalue weighted by molar-refractivity contribution is 5.40. The topological polar surface area (TPSA) is 75.1 Å². The van der Waals surface area contributed by atoms with Crippen LogP contribution in [0.4, 0.5) is 4.39 Å². The second-order valence-corrected chi connectivity index (χ2v) is 3.55. The van der Waals surface area contributed by atoms with Gasteiger partial charge in [-0.2, -0.15) is 4.52 Å². The molecule has 2 N–H and O–H groups in total. The molecule has 86 valence electrons. The summed E-state index contributed by atoms with van der Waals surface area (Å²) in [5.41, 5.74) is -0.218. The molecule has 3 aromatic rings. The number of rotatable bonds is 1. The molecule has 7 heteroatoms. The van der Waals surface area contributed by atoms with Crippen molar-refractivity contribution in [1.82, 2.24) is 19.2 Å². The second kappa shape index (κ2) is 3.21. The summed E-state index contributed by atoms with van der Waals surface area (Å²) >= 11 is 0. The summed E-state index contributed by atoms with van der Waals surface area (Å²) in [5, 5.41) is 2.31. The Balaban J connectivity index is 2.31. The largest absolute Gasteiger partial charge is 0.353 e. The molecular weight excluding hydrogens is 227 g/mol. The van der Waals surface area contributed by atoms with E-state index >= 15 is 0 Å². The summed E-state index contributed by atoms with van der Waals surface area (Å²) < 4.78 is 15.3. The minimum Gasteiger partial charge on any atom is -0.290 e. The van der Waals surface area contributed by atoms with E-state index in [-0.39, 0.29) is 0 Å². The van der Waals surface area contributed by atoms with Crippen LogP contribution in [0.25, 0.3) is 11.3 Å². The first-order chi connectivity index (χ1) is 8.15. The predicted octanol–water partition coefficient (Wildman–Crippen LogP) is 0.246. The molecule has 17 heavy (non-hydrogen) atoms. The molecule has 0 fully saturated rings. The molecule has 2 heterocycles. The van der Waals surface area contributed by atoms with Gasteiger partial charge in [-0.15, -0.1) is 0 Å². The summed E-state index contributed by atoms with van der Waals surface area (Å²) in [6.07, 6.45) is 1.43. The van der Waals surface area contributed by atoms with E-state index in [1.54, 1.807) is 6.07 Å². The van der Waals surface area contributed by atoms with E-state index in [9.17, 15) is 14.0 Å². The normalized spacial score (nSPS) is 11.1. The van der Waals surface area contributed by atoms with Gasteiger partial charge in [-0.05, 0) is 18.2 Å². The van der Waals surface area contributed by atoms with Crippen LogP contribution in [0.15, 0.2) is 40.1 Å². The first-order valence-electron chi connectivity index (χ1n) is 4.83. The van der Waals surface area contributed by atoms with Crippen molar-refractivity contribution in [2.24, 2.45) is 0 Å². The first kappa shape index (κ1) is 9.64. The van der Waals surface area contributed by atoms with Gasteiger partial charge in [0.25, 0.3) is 0 Å². The molecule has 0 aliphatic carbocycles. The quantitative estimate of drug-likeness (QED) is 0.633. The van der Waals surface area contributed by atoms with E-state index in [0.717, 1.165) is 4.52 Å². The molecule has 0 aliphatic heterocycles. The zero-order valence-corrected chi connectivity index (χ0v) is 8.48. The highest BCUT2D eigenvalue weighted by Crippen LogP contribution is 2.08. The number of H-pyrrole nitrogens is 2. The minimum atomic E-state index is -0.469. The average molecular weight is 234 g/mol. The molecule has 0 unspecified atom stereocenters. The van der Waals surface area contributed by atoms with E-state index < -0.39 is 17.2 Å². The van der Waals surface area contributed by atoms with Crippen LogP contribution in [-0.2, 0) is 0 Å². The van der Waals surface area contributed by atoms with E-state index in [4.69, 9.17) is 0 Å². The lowest BCUT2D eigenvalue weighted by molar-refractivity contribution is 0.626. The molecule has 3 rings (SSSR count). The van der Waals surface area contributed by atoms with E-state index in [2.05, 4.69) is 10.1 Å². The molecular formula is C10H7FN4O2. The number of hydrogen-bond acceptors (Lipinski definition) is 2. The Morgan fingerprint density at radius 2 is 2.06 bits per heavy atom. The maximum absolute atomic E-state index is 13.0. The fraction of sp³-hybridized carbons (Fsp3) is 0. The second-order valence-electron chi connectivity index (χ2n) is 3.55. The van der Waals surface area contributed by atoms with Gasteiger partial charge in [0.15, 0.2) is 5.65 Å². The number of nitrogens with one attached hydrogen (secondary N) is 2. The lowest BCUT2D eigenvalue weighted by Crippen LogP contribution is -2.21. The van der Waals surface area contributed by atoms with Crippen molar-refractivity contribution in [2.45, 2.75) is 0 Å². The number of imidazole rings is 1. The van der Waals surface area contributed by atoms with Crippen LogP contribution in [0.5, 0.6) is 0 Å². The van der Waals surface area contributed by atoms with Crippen LogP contribution in [0.1, 0.15) is 0 Å². The van der Waals surface area contributed by atoms with Crippen molar-refractivity contribution in [3.05, 3.63) is 57.2 Å². The Kier molecular flexibility index (Phi) is 1.82. The van der Waals surface area contributed by atoms with Gasteiger partial charge in [-0.25, -0.2) is 19.1 Å². The molecule has 2 aromatic heterocycles. The Hall–Kier alpha value is -2.57. The fourth-order valence-corrected chi connectivity index (χ4v) is 1.70. The predicted molar refractivity (Wildman–Crippen MR) is 57.9 cm³/mol. The molecule has 1 aromatic carbocycles. The van der Waals surface area contributed by atoms with Crippen molar-refractivity contribution in [1.29, 1.82) is 0 Å². The SMILES string of the molecule is O=c1[nH]c2cn(-c3cccc(F)c3)c(=O)n2[nH]1. The number of nitrogens with zero attached hydrogens (tertiary/aromatic N) is 2. The first-order valence-corrected chi connectivity index (χ1v) is 4.83. The van der Waals surface area contributed by atoms with Gasteiger partial charge in [-0.1, -0.05) is 6.07 Å². The number of benzene rings is 1. The number of halogens is 1. The summed E-state index contributed by atoms with van der Waals surface area (Å²) in [6, 6.07) is 5.63. The van der Waals surface area contributed by atoms with Gasteiger partial charge in [0, 0.05) is 0 Å². The van der Waals surface area contributed by atoms with Crippen molar-refractivity contribution in [2.75, 3.05) is 0 Å². The zero-order chi connectivity index (χ0) is 12.0. The third-order valence-corrected chi connectivity index (χ3v) is 2.43. The Bertz CT molecular complexity index is 807. The fourth-order valence-electron chi connectivity index (χ4n) is 1.70. The van der Waals surface area contributed by atoms with Gasteiger partial charge in [0.05, 0.1) is 11.9 Å². The van der Waals surface area contributed by atoms with Crippen LogP contribution >= 0.6 is 0 Å². The van der Waals surface area contributed by atoms with E-state index in [1.165, 1.54) is 29.0 Å². The molecule has 0 radical (unpaired) electrons. The highest BCUT2D eigenvalue weighted by atomic mass is 19.1.